The smallest absolute Gasteiger partial charge is 0.227 e. The first kappa shape index (κ1) is 13.0. The Labute approximate surface area is 107 Å². The number of rotatable bonds is 4. The van der Waals surface area contributed by atoms with Gasteiger partial charge in [0, 0.05) is 13.1 Å². The molecule has 0 bridgehead atoms. The van der Waals surface area contributed by atoms with Gasteiger partial charge in [-0.2, -0.15) is 0 Å². The van der Waals surface area contributed by atoms with Crippen LogP contribution < -0.4 is 5.73 Å². The third-order valence-corrected chi connectivity index (χ3v) is 3.51. The summed E-state index contributed by atoms with van der Waals surface area (Å²) < 4.78 is 13.4. The highest BCUT2D eigenvalue weighted by atomic mass is 19.1. The minimum atomic E-state index is -0.302. The number of nitrogens with zero attached hydrogens (tertiary/aromatic N) is 1. The second-order valence-electron chi connectivity index (χ2n) is 4.84. The molecule has 1 amide bonds. The number of likely N-dealkylation sites (tertiary alicyclic amines) is 1. The maximum atomic E-state index is 13.4. The molecule has 3 nitrogen and oxygen atoms in total. The zero-order chi connectivity index (χ0) is 13.0. The van der Waals surface area contributed by atoms with E-state index in [0.29, 0.717) is 18.0 Å². The number of amides is 1. The van der Waals surface area contributed by atoms with Gasteiger partial charge in [0.2, 0.25) is 5.91 Å². The summed E-state index contributed by atoms with van der Waals surface area (Å²) in [5, 5.41) is 0. The lowest BCUT2D eigenvalue weighted by Gasteiger charge is -2.16. The Morgan fingerprint density at radius 1 is 1.44 bits per heavy atom. The Kier molecular flexibility index (Phi) is 4.31. The van der Waals surface area contributed by atoms with E-state index < -0.39 is 0 Å². The van der Waals surface area contributed by atoms with Gasteiger partial charge in [-0.3, -0.25) is 4.79 Å². The van der Waals surface area contributed by atoms with Gasteiger partial charge >= 0.3 is 0 Å². The summed E-state index contributed by atoms with van der Waals surface area (Å²) in [4.78, 5) is 13.9. The number of nitrogens with two attached hydrogens (primary N) is 1. The van der Waals surface area contributed by atoms with E-state index >= 15 is 0 Å². The van der Waals surface area contributed by atoms with E-state index in [4.69, 9.17) is 5.73 Å². The number of halogens is 1. The average Bonchev–Trinajstić information content (AvgIpc) is 2.81. The minimum absolute atomic E-state index is 0.0135. The molecule has 1 unspecified atom stereocenters. The van der Waals surface area contributed by atoms with Crippen LogP contribution in [0.4, 0.5) is 4.39 Å². The predicted molar refractivity (Wildman–Crippen MR) is 68.5 cm³/mol. The first-order chi connectivity index (χ1) is 8.70. The van der Waals surface area contributed by atoms with Crippen LogP contribution in [0.5, 0.6) is 0 Å². The van der Waals surface area contributed by atoms with Crippen LogP contribution >= 0.6 is 0 Å². The summed E-state index contributed by atoms with van der Waals surface area (Å²) in [6, 6.07) is 6.45. The fraction of sp³-hybridized carbons (Fsp3) is 0.500. The fourth-order valence-electron chi connectivity index (χ4n) is 2.45. The topological polar surface area (TPSA) is 46.3 Å². The van der Waals surface area contributed by atoms with Crippen LogP contribution in [0, 0.1) is 11.7 Å². The van der Waals surface area contributed by atoms with Crippen molar-refractivity contribution in [3.63, 3.8) is 0 Å². The van der Waals surface area contributed by atoms with Crippen LogP contribution in [0.3, 0.4) is 0 Å². The van der Waals surface area contributed by atoms with Crippen LogP contribution in [0.15, 0.2) is 24.3 Å². The third-order valence-electron chi connectivity index (χ3n) is 3.51. The highest BCUT2D eigenvalue weighted by Crippen LogP contribution is 2.20. The SMILES string of the molecule is NCCC1CCN(C(=O)Cc2ccccc2F)C1. The first-order valence-corrected chi connectivity index (χ1v) is 6.42. The Morgan fingerprint density at radius 2 is 2.22 bits per heavy atom. The first-order valence-electron chi connectivity index (χ1n) is 6.42. The van der Waals surface area contributed by atoms with E-state index in [1.54, 1.807) is 18.2 Å². The van der Waals surface area contributed by atoms with Gasteiger partial charge in [-0.1, -0.05) is 18.2 Å². The van der Waals surface area contributed by atoms with Crippen molar-refractivity contribution in [1.82, 2.24) is 4.90 Å². The maximum absolute atomic E-state index is 13.4. The lowest BCUT2D eigenvalue weighted by Crippen LogP contribution is -2.30. The molecule has 1 saturated heterocycles. The highest BCUT2D eigenvalue weighted by molar-refractivity contribution is 5.79. The molecule has 1 aromatic rings. The summed E-state index contributed by atoms with van der Waals surface area (Å²) >= 11 is 0. The largest absolute Gasteiger partial charge is 0.342 e. The standard InChI is InChI=1S/C14H19FN2O/c15-13-4-2-1-3-12(13)9-14(18)17-8-6-11(10-17)5-7-16/h1-4,11H,5-10,16H2. The molecule has 1 heterocycles. The molecule has 0 aliphatic carbocycles. The molecular weight excluding hydrogens is 231 g/mol. The van der Waals surface area contributed by atoms with Crippen LogP contribution in [-0.2, 0) is 11.2 Å². The van der Waals surface area contributed by atoms with Gasteiger partial charge in [0.25, 0.3) is 0 Å². The molecule has 0 radical (unpaired) electrons. The molecule has 4 heteroatoms. The second kappa shape index (κ2) is 5.96. The van der Waals surface area contributed by atoms with E-state index in [9.17, 15) is 9.18 Å². The summed E-state index contributed by atoms with van der Waals surface area (Å²) in [6.45, 7) is 2.21. The van der Waals surface area contributed by atoms with E-state index in [-0.39, 0.29) is 18.1 Å². The second-order valence-corrected chi connectivity index (χ2v) is 4.84. The lowest BCUT2D eigenvalue weighted by atomic mass is 10.1. The third kappa shape index (κ3) is 3.07. The molecule has 1 aliphatic heterocycles. The zero-order valence-corrected chi connectivity index (χ0v) is 10.4. The van der Waals surface area contributed by atoms with Gasteiger partial charge < -0.3 is 10.6 Å². The molecular formula is C14H19FN2O. The quantitative estimate of drug-likeness (QED) is 0.881. The van der Waals surface area contributed by atoms with Gasteiger partial charge in [-0.25, -0.2) is 4.39 Å². The molecule has 2 rings (SSSR count). The van der Waals surface area contributed by atoms with Crippen molar-refractivity contribution in [1.29, 1.82) is 0 Å². The Balaban J connectivity index is 1.91. The summed E-state index contributed by atoms with van der Waals surface area (Å²) in [5.41, 5.74) is 6.00. The zero-order valence-electron chi connectivity index (χ0n) is 10.4. The van der Waals surface area contributed by atoms with Gasteiger partial charge in [-0.05, 0) is 36.9 Å². The van der Waals surface area contributed by atoms with E-state index in [1.165, 1.54) is 6.07 Å². The van der Waals surface area contributed by atoms with Crippen molar-refractivity contribution < 1.29 is 9.18 Å². The van der Waals surface area contributed by atoms with Crippen LogP contribution in [0.1, 0.15) is 18.4 Å². The molecule has 0 spiro atoms. The maximum Gasteiger partial charge on any atom is 0.227 e. The number of hydrogen-bond acceptors (Lipinski definition) is 2. The molecule has 18 heavy (non-hydrogen) atoms. The molecule has 1 aromatic carbocycles. The van der Waals surface area contributed by atoms with Crippen LogP contribution in [-0.4, -0.2) is 30.4 Å². The fourth-order valence-corrected chi connectivity index (χ4v) is 2.45. The van der Waals surface area contributed by atoms with Gasteiger partial charge in [0.1, 0.15) is 5.82 Å². The van der Waals surface area contributed by atoms with Crippen molar-refractivity contribution in [2.75, 3.05) is 19.6 Å². The number of carbonyl (C=O) groups excluding carboxylic acids is 1. The van der Waals surface area contributed by atoms with Gasteiger partial charge in [-0.15, -0.1) is 0 Å². The van der Waals surface area contributed by atoms with Gasteiger partial charge in [0.15, 0.2) is 0 Å². The summed E-state index contributed by atoms with van der Waals surface area (Å²) in [5.74, 6) is 0.225. The van der Waals surface area contributed by atoms with E-state index in [0.717, 1.165) is 25.9 Å². The average molecular weight is 250 g/mol. The molecule has 98 valence electrons. The highest BCUT2D eigenvalue weighted by Gasteiger charge is 2.25. The monoisotopic (exact) mass is 250 g/mol. The van der Waals surface area contributed by atoms with Gasteiger partial charge in [0.05, 0.1) is 6.42 Å². The molecule has 1 atom stereocenters. The van der Waals surface area contributed by atoms with E-state index in [2.05, 4.69) is 0 Å². The molecule has 0 aromatic heterocycles. The Hall–Kier alpha value is -1.42. The molecule has 1 fully saturated rings. The number of hydrogen-bond donors (Lipinski definition) is 1. The van der Waals surface area contributed by atoms with Crippen molar-refractivity contribution in [2.24, 2.45) is 11.7 Å². The van der Waals surface area contributed by atoms with Crippen molar-refractivity contribution in [2.45, 2.75) is 19.3 Å². The predicted octanol–water partition coefficient (Wildman–Crippen LogP) is 1.57. The normalized spacial score (nSPS) is 19.2. The molecule has 2 N–H and O–H groups in total. The van der Waals surface area contributed by atoms with Crippen molar-refractivity contribution >= 4 is 5.91 Å². The minimum Gasteiger partial charge on any atom is -0.342 e. The number of carbonyl (C=O) groups is 1. The molecule has 1 aliphatic rings. The Bertz CT molecular complexity index is 422. The molecule has 0 saturated carbocycles. The van der Waals surface area contributed by atoms with Crippen LogP contribution in [0.25, 0.3) is 0 Å². The van der Waals surface area contributed by atoms with Crippen molar-refractivity contribution in [3.8, 4) is 0 Å². The summed E-state index contributed by atoms with van der Waals surface area (Å²) in [6.07, 6.45) is 2.13. The number of benzene rings is 1. The lowest BCUT2D eigenvalue weighted by molar-refractivity contribution is -0.129. The summed E-state index contributed by atoms with van der Waals surface area (Å²) in [7, 11) is 0. The Morgan fingerprint density at radius 3 is 2.94 bits per heavy atom. The van der Waals surface area contributed by atoms with Crippen molar-refractivity contribution in [3.05, 3.63) is 35.6 Å². The van der Waals surface area contributed by atoms with Crippen LogP contribution in [0.2, 0.25) is 0 Å². The van der Waals surface area contributed by atoms with E-state index in [1.807, 2.05) is 4.90 Å².